The summed E-state index contributed by atoms with van der Waals surface area (Å²) in [5.41, 5.74) is 0.454. The molecule has 0 saturated carbocycles. The van der Waals surface area contributed by atoms with Crippen LogP contribution in [0.4, 0.5) is 0 Å². The third kappa shape index (κ3) is 7.48. The number of rotatable bonds is 11. The predicted octanol–water partition coefficient (Wildman–Crippen LogP) is 0.369. The predicted molar refractivity (Wildman–Crippen MR) is 109 cm³/mol. The molecule has 0 spiro atoms. The van der Waals surface area contributed by atoms with Crippen LogP contribution in [0.1, 0.15) is 23.2 Å². The Morgan fingerprint density at radius 1 is 1.07 bits per heavy atom. The molecule has 2 rings (SSSR count). The summed E-state index contributed by atoms with van der Waals surface area (Å²) in [5, 5.41) is 2.90. The number of methoxy groups -OCH3 is 1. The zero-order chi connectivity index (χ0) is 20.4. The first-order chi connectivity index (χ1) is 13.4. The number of unbranched alkanes of at least 4 members (excludes halogenated alkanes) is 1. The minimum absolute atomic E-state index is 0.132. The number of amides is 1. The second-order valence-electron chi connectivity index (χ2n) is 7.02. The van der Waals surface area contributed by atoms with Crippen LogP contribution in [-0.4, -0.2) is 90.7 Å². The minimum atomic E-state index is -3.58. The SMILES string of the molecule is COCCNS(=O)(=O)c1ccc(C(=O)NCCCCN2CCN(C)CC2)cc1. The normalized spacial score (nSPS) is 16.2. The molecule has 0 aromatic heterocycles. The lowest BCUT2D eigenvalue weighted by atomic mass is 10.2. The molecule has 1 fully saturated rings. The van der Waals surface area contributed by atoms with Gasteiger partial charge in [-0.2, -0.15) is 0 Å². The third-order valence-electron chi connectivity index (χ3n) is 4.81. The second kappa shape index (κ2) is 11.5. The maximum Gasteiger partial charge on any atom is 0.251 e. The topological polar surface area (TPSA) is 91.0 Å². The molecule has 1 aliphatic heterocycles. The number of nitrogens with one attached hydrogen (secondary N) is 2. The summed E-state index contributed by atoms with van der Waals surface area (Å²) in [6.45, 7) is 6.63. The van der Waals surface area contributed by atoms with E-state index in [0.29, 0.717) is 18.7 Å². The number of hydrogen-bond donors (Lipinski definition) is 2. The molecule has 28 heavy (non-hydrogen) atoms. The van der Waals surface area contributed by atoms with Crippen LogP contribution < -0.4 is 10.0 Å². The number of carbonyl (C=O) groups is 1. The van der Waals surface area contributed by atoms with Gasteiger partial charge in [0.1, 0.15) is 0 Å². The van der Waals surface area contributed by atoms with Crippen LogP contribution in [0.2, 0.25) is 0 Å². The molecular weight excluding hydrogens is 380 g/mol. The van der Waals surface area contributed by atoms with E-state index in [2.05, 4.69) is 26.9 Å². The number of likely N-dealkylation sites (N-methyl/N-ethyl adjacent to an activating group) is 1. The Labute approximate surface area is 168 Å². The standard InChI is InChI=1S/C19H32N4O4S/c1-22-12-14-23(15-13-22)11-4-3-9-20-19(24)17-5-7-18(8-6-17)28(25,26)21-10-16-27-2/h5-8,21H,3-4,9-16H2,1-2H3,(H,20,24). The van der Waals surface area contributed by atoms with Gasteiger partial charge in [0.25, 0.3) is 5.91 Å². The van der Waals surface area contributed by atoms with E-state index >= 15 is 0 Å². The molecule has 1 aromatic rings. The van der Waals surface area contributed by atoms with Gasteiger partial charge in [0.15, 0.2) is 0 Å². The van der Waals surface area contributed by atoms with Gasteiger partial charge in [0, 0.05) is 51.9 Å². The van der Waals surface area contributed by atoms with Crippen molar-refractivity contribution < 1.29 is 17.9 Å². The highest BCUT2D eigenvalue weighted by molar-refractivity contribution is 7.89. The molecule has 1 aliphatic rings. The fourth-order valence-corrected chi connectivity index (χ4v) is 4.00. The average molecular weight is 413 g/mol. The van der Waals surface area contributed by atoms with E-state index in [1.807, 2.05) is 0 Å². The maximum absolute atomic E-state index is 12.2. The zero-order valence-corrected chi connectivity index (χ0v) is 17.6. The van der Waals surface area contributed by atoms with Crippen molar-refractivity contribution in [2.75, 3.05) is 66.6 Å². The molecule has 0 bridgehead atoms. The van der Waals surface area contributed by atoms with Gasteiger partial charge in [-0.25, -0.2) is 13.1 Å². The number of piperazine rings is 1. The van der Waals surface area contributed by atoms with Crippen molar-refractivity contribution in [1.29, 1.82) is 0 Å². The van der Waals surface area contributed by atoms with E-state index in [1.165, 1.54) is 31.4 Å². The maximum atomic E-state index is 12.2. The molecule has 8 nitrogen and oxygen atoms in total. The van der Waals surface area contributed by atoms with Crippen LogP contribution in [0.15, 0.2) is 29.2 Å². The zero-order valence-electron chi connectivity index (χ0n) is 16.8. The van der Waals surface area contributed by atoms with E-state index in [4.69, 9.17) is 4.74 Å². The van der Waals surface area contributed by atoms with Crippen LogP contribution in [0.3, 0.4) is 0 Å². The Bertz CT molecular complexity index is 701. The van der Waals surface area contributed by atoms with E-state index in [0.717, 1.165) is 45.6 Å². The highest BCUT2D eigenvalue weighted by atomic mass is 32.2. The van der Waals surface area contributed by atoms with Crippen LogP contribution in [0, 0.1) is 0 Å². The summed E-state index contributed by atoms with van der Waals surface area (Å²) in [6.07, 6.45) is 1.97. The summed E-state index contributed by atoms with van der Waals surface area (Å²) < 4.78 is 31.5. The van der Waals surface area contributed by atoms with Gasteiger partial charge in [-0.15, -0.1) is 0 Å². The van der Waals surface area contributed by atoms with Gasteiger partial charge in [-0.05, 0) is 50.7 Å². The summed E-state index contributed by atoms with van der Waals surface area (Å²) in [5.74, 6) is -0.184. The minimum Gasteiger partial charge on any atom is -0.383 e. The first kappa shape index (κ1) is 22.8. The molecule has 0 atom stereocenters. The van der Waals surface area contributed by atoms with Crippen LogP contribution >= 0.6 is 0 Å². The highest BCUT2D eigenvalue weighted by Gasteiger charge is 2.15. The van der Waals surface area contributed by atoms with Crippen molar-refractivity contribution in [1.82, 2.24) is 19.8 Å². The van der Waals surface area contributed by atoms with Gasteiger partial charge in [-0.3, -0.25) is 4.79 Å². The van der Waals surface area contributed by atoms with Crippen molar-refractivity contribution >= 4 is 15.9 Å². The molecule has 1 amide bonds. The molecule has 0 aliphatic carbocycles. The molecule has 1 aromatic carbocycles. The molecular formula is C19H32N4O4S. The number of hydrogen-bond acceptors (Lipinski definition) is 6. The van der Waals surface area contributed by atoms with Crippen LogP contribution in [0.5, 0.6) is 0 Å². The Morgan fingerprint density at radius 3 is 2.39 bits per heavy atom. The summed E-state index contributed by atoms with van der Waals surface area (Å²) in [7, 11) is 0.0708. The lowest BCUT2D eigenvalue weighted by Gasteiger charge is -2.32. The van der Waals surface area contributed by atoms with Crippen molar-refractivity contribution in [2.45, 2.75) is 17.7 Å². The van der Waals surface area contributed by atoms with Crippen LogP contribution in [-0.2, 0) is 14.8 Å². The number of ether oxygens (including phenoxy) is 1. The van der Waals surface area contributed by atoms with Gasteiger partial charge >= 0.3 is 0 Å². The molecule has 9 heteroatoms. The fourth-order valence-electron chi connectivity index (χ4n) is 2.98. The largest absolute Gasteiger partial charge is 0.383 e. The molecule has 158 valence electrons. The fraction of sp³-hybridized carbons (Fsp3) is 0.632. The number of carbonyl (C=O) groups excluding carboxylic acids is 1. The Morgan fingerprint density at radius 2 is 1.75 bits per heavy atom. The molecule has 1 heterocycles. The van der Waals surface area contributed by atoms with Crippen LogP contribution in [0.25, 0.3) is 0 Å². The smallest absolute Gasteiger partial charge is 0.251 e. The highest BCUT2D eigenvalue weighted by Crippen LogP contribution is 2.10. The second-order valence-corrected chi connectivity index (χ2v) is 8.79. The number of sulfonamides is 1. The van der Waals surface area contributed by atoms with Crippen molar-refractivity contribution in [3.63, 3.8) is 0 Å². The van der Waals surface area contributed by atoms with Gasteiger partial charge < -0.3 is 19.9 Å². The van der Waals surface area contributed by atoms with Crippen molar-refractivity contribution in [3.8, 4) is 0 Å². The summed E-state index contributed by atoms with van der Waals surface area (Å²) in [6, 6.07) is 5.95. The van der Waals surface area contributed by atoms with Gasteiger partial charge in [-0.1, -0.05) is 0 Å². The van der Waals surface area contributed by atoms with Crippen molar-refractivity contribution in [2.24, 2.45) is 0 Å². The van der Waals surface area contributed by atoms with E-state index in [1.54, 1.807) is 0 Å². The van der Waals surface area contributed by atoms with Crippen molar-refractivity contribution in [3.05, 3.63) is 29.8 Å². The molecule has 2 N–H and O–H groups in total. The Kier molecular flexibility index (Phi) is 9.33. The van der Waals surface area contributed by atoms with E-state index in [-0.39, 0.29) is 17.3 Å². The average Bonchev–Trinajstić information content (AvgIpc) is 2.69. The van der Waals surface area contributed by atoms with Gasteiger partial charge in [0.05, 0.1) is 11.5 Å². The summed E-state index contributed by atoms with van der Waals surface area (Å²) in [4.78, 5) is 17.1. The Balaban J connectivity index is 1.69. The third-order valence-corrected chi connectivity index (χ3v) is 6.28. The molecule has 0 unspecified atom stereocenters. The monoisotopic (exact) mass is 412 g/mol. The lowest BCUT2D eigenvalue weighted by Crippen LogP contribution is -2.44. The first-order valence-corrected chi connectivity index (χ1v) is 11.2. The lowest BCUT2D eigenvalue weighted by molar-refractivity contribution is 0.0951. The number of nitrogens with zero attached hydrogens (tertiary/aromatic N) is 2. The molecule has 1 saturated heterocycles. The van der Waals surface area contributed by atoms with E-state index in [9.17, 15) is 13.2 Å². The first-order valence-electron chi connectivity index (χ1n) is 9.70. The summed E-state index contributed by atoms with van der Waals surface area (Å²) >= 11 is 0. The molecule has 0 radical (unpaired) electrons. The Hall–Kier alpha value is -1.52. The van der Waals surface area contributed by atoms with Gasteiger partial charge in [0.2, 0.25) is 10.0 Å². The van der Waals surface area contributed by atoms with E-state index < -0.39 is 10.0 Å². The number of benzene rings is 1. The quantitative estimate of drug-likeness (QED) is 0.511.